The molecule has 10 nitrogen and oxygen atoms in total. The van der Waals surface area contributed by atoms with Gasteiger partial charge in [0.05, 0.1) is 16.1 Å². The van der Waals surface area contributed by atoms with E-state index in [1.165, 1.54) is 35.8 Å². The summed E-state index contributed by atoms with van der Waals surface area (Å²) in [7, 11) is -3.75. The third kappa shape index (κ3) is 5.96. The molecule has 1 aromatic heterocycles. The molecule has 3 aromatic rings. The number of nitrogens with two attached hydrogens (primary N) is 1. The molecule has 1 unspecified atom stereocenters. The van der Waals surface area contributed by atoms with Crippen LogP contribution in [-0.2, 0) is 26.0 Å². The van der Waals surface area contributed by atoms with Crippen molar-refractivity contribution in [2.24, 2.45) is 5.14 Å². The number of aromatic amines is 1. The zero-order valence-electron chi connectivity index (χ0n) is 18.1. The molecule has 2 aromatic carbocycles. The Morgan fingerprint density at radius 2 is 1.76 bits per heavy atom. The highest BCUT2D eigenvalue weighted by Gasteiger charge is 2.19. The molecule has 0 radical (unpaired) electrons. The number of benzene rings is 2. The number of ether oxygens (including phenoxy) is 1. The molecule has 0 saturated heterocycles. The van der Waals surface area contributed by atoms with Crippen LogP contribution in [-0.4, -0.2) is 42.5 Å². The highest BCUT2D eigenvalue weighted by atomic mass is 32.2. The van der Waals surface area contributed by atoms with Crippen molar-refractivity contribution in [3.05, 3.63) is 82.0 Å². The molecule has 33 heavy (non-hydrogen) atoms. The van der Waals surface area contributed by atoms with Gasteiger partial charge in [-0.25, -0.2) is 23.1 Å². The molecule has 1 atom stereocenters. The summed E-state index contributed by atoms with van der Waals surface area (Å²) in [6.07, 6.45) is 1.03. The molecule has 0 aliphatic carbocycles. The number of H-pyrrole nitrogens is 1. The first-order valence-corrected chi connectivity index (χ1v) is 11.6. The molecular weight excluding hydrogens is 448 g/mol. The molecule has 0 aliphatic rings. The minimum atomic E-state index is -3.75. The summed E-state index contributed by atoms with van der Waals surface area (Å²) >= 11 is 0. The van der Waals surface area contributed by atoms with E-state index in [9.17, 15) is 22.8 Å². The van der Waals surface area contributed by atoms with Crippen LogP contribution in [0, 0.1) is 6.92 Å². The zero-order chi connectivity index (χ0) is 24.2. The molecule has 1 heterocycles. The molecule has 1 amide bonds. The van der Waals surface area contributed by atoms with Gasteiger partial charge in [-0.1, -0.05) is 12.1 Å². The summed E-state index contributed by atoms with van der Waals surface area (Å²) < 4.78 is 29.2. The number of amides is 1. The Kier molecular flexibility index (Phi) is 7.14. The lowest BCUT2D eigenvalue weighted by molar-refractivity contribution is -0.129. The van der Waals surface area contributed by atoms with Crippen LogP contribution in [0.2, 0.25) is 0 Å². The van der Waals surface area contributed by atoms with Gasteiger partial charge in [-0.2, -0.15) is 0 Å². The van der Waals surface area contributed by atoms with Crippen molar-refractivity contribution in [1.82, 2.24) is 14.9 Å². The second-order valence-corrected chi connectivity index (χ2v) is 8.96. The van der Waals surface area contributed by atoms with Gasteiger partial charge in [0.1, 0.15) is 0 Å². The van der Waals surface area contributed by atoms with Gasteiger partial charge in [-0.15, -0.1) is 0 Å². The van der Waals surface area contributed by atoms with Gasteiger partial charge in [0, 0.05) is 18.4 Å². The average Bonchev–Trinajstić information content (AvgIpc) is 3.11. The van der Waals surface area contributed by atoms with Crippen LogP contribution in [0.5, 0.6) is 0 Å². The number of esters is 1. The van der Waals surface area contributed by atoms with Gasteiger partial charge in [0.25, 0.3) is 5.91 Å². The minimum Gasteiger partial charge on any atom is -0.449 e. The van der Waals surface area contributed by atoms with E-state index in [4.69, 9.17) is 9.88 Å². The second kappa shape index (κ2) is 9.84. The molecule has 4 N–H and O–H groups in total. The topological polar surface area (TPSA) is 153 Å². The number of sulfonamides is 1. The van der Waals surface area contributed by atoms with E-state index in [2.05, 4.69) is 10.3 Å². The number of aryl methyl sites for hydroxylation is 1. The van der Waals surface area contributed by atoms with Crippen molar-refractivity contribution in [1.29, 1.82) is 0 Å². The van der Waals surface area contributed by atoms with Crippen LogP contribution >= 0.6 is 0 Å². The van der Waals surface area contributed by atoms with Crippen LogP contribution in [0.15, 0.2) is 64.4 Å². The SMILES string of the molecule is Cc1c[nH]c(=O)n1-c1ccc(C(=O)OC(C)C(=O)NCCc2ccc(S(N)(=O)=O)cc2)cc1. The Balaban J connectivity index is 1.51. The summed E-state index contributed by atoms with van der Waals surface area (Å²) in [6, 6.07) is 12.3. The van der Waals surface area contributed by atoms with E-state index in [-0.39, 0.29) is 22.7 Å². The van der Waals surface area contributed by atoms with Gasteiger partial charge in [0.15, 0.2) is 6.10 Å². The lowest BCUT2D eigenvalue weighted by Gasteiger charge is -2.14. The fourth-order valence-electron chi connectivity index (χ4n) is 3.12. The maximum atomic E-state index is 12.4. The molecule has 174 valence electrons. The third-order valence-corrected chi connectivity index (χ3v) is 5.87. The number of carbonyl (C=O) groups excluding carboxylic acids is 2. The van der Waals surface area contributed by atoms with E-state index < -0.39 is 28.0 Å². The number of nitrogens with zero attached hydrogens (tertiary/aromatic N) is 1. The summed E-state index contributed by atoms with van der Waals surface area (Å²) in [4.78, 5) is 39.1. The number of nitrogens with one attached hydrogen (secondary N) is 2. The fraction of sp³-hybridized carbons (Fsp3) is 0.227. The Morgan fingerprint density at radius 3 is 2.30 bits per heavy atom. The van der Waals surface area contributed by atoms with E-state index >= 15 is 0 Å². The molecule has 0 spiro atoms. The van der Waals surface area contributed by atoms with Crippen molar-refractivity contribution in [2.75, 3.05) is 6.54 Å². The van der Waals surface area contributed by atoms with Gasteiger partial charge in [0.2, 0.25) is 10.0 Å². The minimum absolute atomic E-state index is 0.0131. The zero-order valence-corrected chi connectivity index (χ0v) is 18.9. The Bertz CT molecular complexity index is 1310. The van der Waals surface area contributed by atoms with Crippen LogP contribution in [0.3, 0.4) is 0 Å². The Hall–Kier alpha value is -3.70. The van der Waals surface area contributed by atoms with Gasteiger partial charge in [-0.05, 0) is 62.2 Å². The van der Waals surface area contributed by atoms with Crippen molar-refractivity contribution in [2.45, 2.75) is 31.3 Å². The van der Waals surface area contributed by atoms with Gasteiger partial charge in [-0.3, -0.25) is 9.36 Å². The Morgan fingerprint density at radius 1 is 1.12 bits per heavy atom. The summed E-state index contributed by atoms with van der Waals surface area (Å²) in [5.74, 6) is -1.13. The maximum absolute atomic E-state index is 12.4. The molecule has 0 fully saturated rings. The van der Waals surface area contributed by atoms with Gasteiger partial charge < -0.3 is 15.0 Å². The number of hydrogen-bond donors (Lipinski definition) is 3. The molecule has 0 bridgehead atoms. The highest BCUT2D eigenvalue weighted by molar-refractivity contribution is 7.89. The number of hydrogen-bond acceptors (Lipinski definition) is 6. The lowest BCUT2D eigenvalue weighted by Crippen LogP contribution is -2.36. The summed E-state index contributed by atoms with van der Waals surface area (Å²) in [5, 5.41) is 7.73. The predicted molar refractivity (Wildman–Crippen MR) is 121 cm³/mol. The largest absolute Gasteiger partial charge is 0.449 e. The quantitative estimate of drug-likeness (QED) is 0.416. The van der Waals surface area contributed by atoms with Crippen molar-refractivity contribution in [3.8, 4) is 5.69 Å². The predicted octanol–water partition coefficient (Wildman–Crippen LogP) is 1.03. The van der Waals surface area contributed by atoms with E-state index in [1.54, 1.807) is 37.4 Å². The van der Waals surface area contributed by atoms with Crippen molar-refractivity contribution in [3.63, 3.8) is 0 Å². The van der Waals surface area contributed by atoms with Crippen molar-refractivity contribution >= 4 is 21.9 Å². The normalized spacial score (nSPS) is 12.2. The first-order chi connectivity index (χ1) is 15.6. The summed E-state index contributed by atoms with van der Waals surface area (Å²) in [6.45, 7) is 3.51. The fourth-order valence-corrected chi connectivity index (χ4v) is 3.64. The molecule has 0 aliphatic heterocycles. The molecule has 0 saturated carbocycles. The van der Waals surface area contributed by atoms with Crippen LogP contribution < -0.4 is 16.1 Å². The number of imidazole rings is 1. The monoisotopic (exact) mass is 472 g/mol. The molecular formula is C22H24N4O6S. The standard InChI is InChI=1S/C22H24N4O6S/c1-14-13-25-22(29)26(14)18-7-5-17(6-8-18)21(28)32-15(2)20(27)24-12-11-16-3-9-19(10-4-16)33(23,30)31/h3-10,13,15H,11-12H2,1-2H3,(H,24,27)(H,25,29)(H2,23,30,31). The lowest BCUT2D eigenvalue weighted by atomic mass is 10.1. The van der Waals surface area contributed by atoms with E-state index in [1.807, 2.05) is 0 Å². The molecule has 11 heteroatoms. The highest BCUT2D eigenvalue weighted by Crippen LogP contribution is 2.12. The first kappa shape index (κ1) is 24.0. The Labute approximate surface area is 190 Å². The van der Waals surface area contributed by atoms with Crippen LogP contribution in [0.4, 0.5) is 0 Å². The first-order valence-electron chi connectivity index (χ1n) is 10.0. The van der Waals surface area contributed by atoms with Crippen LogP contribution in [0.1, 0.15) is 28.5 Å². The maximum Gasteiger partial charge on any atom is 0.338 e. The molecule has 3 rings (SSSR count). The number of aromatic nitrogens is 2. The van der Waals surface area contributed by atoms with Crippen LogP contribution in [0.25, 0.3) is 5.69 Å². The van der Waals surface area contributed by atoms with Crippen molar-refractivity contribution < 1.29 is 22.7 Å². The second-order valence-electron chi connectivity index (χ2n) is 7.40. The van der Waals surface area contributed by atoms with Gasteiger partial charge >= 0.3 is 11.7 Å². The number of rotatable bonds is 8. The number of carbonyl (C=O) groups is 2. The summed E-state index contributed by atoms with van der Waals surface area (Å²) in [5.41, 5.74) is 2.09. The number of primary sulfonamides is 1. The average molecular weight is 473 g/mol. The van der Waals surface area contributed by atoms with E-state index in [0.29, 0.717) is 12.1 Å². The third-order valence-electron chi connectivity index (χ3n) is 4.94. The van der Waals surface area contributed by atoms with E-state index in [0.717, 1.165) is 11.3 Å². The smallest absolute Gasteiger partial charge is 0.338 e.